The molecule has 0 fully saturated rings. The third-order valence-corrected chi connectivity index (χ3v) is 5.17. The highest BCUT2D eigenvalue weighted by Crippen LogP contribution is 2.40. The first-order valence-electron chi connectivity index (χ1n) is 9.49. The molecule has 2 aromatic rings. The standard InChI is InChI=1S/C23H29NO3/c1-14-10-11-18-19(13-23(5,6)27-21(18)12-14)24-22(25)17(4)26-20-9-7-8-15(2)16(20)3/h7-12,17,19H,13H2,1-6H3,(H,24,25). The van der Waals surface area contributed by atoms with Crippen LogP contribution in [0.2, 0.25) is 0 Å². The first-order chi connectivity index (χ1) is 12.7. The molecule has 144 valence electrons. The van der Waals surface area contributed by atoms with Crippen LogP contribution in [-0.2, 0) is 4.79 Å². The molecule has 3 rings (SSSR count). The lowest BCUT2D eigenvalue weighted by Gasteiger charge is -2.38. The molecular formula is C23H29NO3. The van der Waals surface area contributed by atoms with Crippen LogP contribution < -0.4 is 14.8 Å². The smallest absolute Gasteiger partial charge is 0.261 e. The Hall–Kier alpha value is -2.49. The second-order valence-electron chi connectivity index (χ2n) is 8.13. The van der Waals surface area contributed by atoms with Crippen LogP contribution in [0.25, 0.3) is 0 Å². The molecule has 2 aromatic carbocycles. The minimum Gasteiger partial charge on any atom is -0.487 e. The molecule has 0 aromatic heterocycles. The lowest BCUT2D eigenvalue weighted by molar-refractivity contribution is -0.128. The molecule has 0 bridgehead atoms. The third kappa shape index (κ3) is 4.26. The summed E-state index contributed by atoms with van der Waals surface area (Å²) in [5, 5.41) is 3.16. The van der Waals surface area contributed by atoms with E-state index < -0.39 is 6.10 Å². The largest absolute Gasteiger partial charge is 0.487 e. The van der Waals surface area contributed by atoms with Crippen molar-refractivity contribution in [3.8, 4) is 11.5 Å². The van der Waals surface area contributed by atoms with Crippen LogP contribution in [0.1, 0.15) is 55.5 Å². The van der Waals surface area contributed by atoms with Gasteiger partial charge in [-0.1, -0.05) is 24.3 Å². The Morgan fingerprint density at radius 1 is 1.22 bits per heavy atom. The first-order valence-corrected chi connectivity index (χ1v) is 9.49. The van der Waals surface area contributed by atoms with Gasteiger partial charge < -0.3 is 14.8 Å². The van der Waals surface area contributed by atoms with Crippen molar-refractivity contribution in [2.45, 2.75) is 65.7 Å². The summed E-state index contributed by atoms with van der Waals surface area (Å²) in [7, 11) is 0. The Labute approximate surface area is 161 Å². The zero-order chi connectivity index (χ0) is 19.8. The molecule has 0 spiro atoms. The maximum atomic E-state index is 12.8. The van der Waals surface area contributed by atoms with Crippen LogP contribution in [0.5, 0.6) is 11.5 Å². The molecular weight excluding hydrogens is 338 g/mol. The SMILES string of the molecule is Cc1ccc2c(c1)OC(C)(C)CC2NC(=O)C(C)Oc1cccc(C)c1C. The van der Waals surface area contributed by atoms with E-state index in [9.17, 15) is 4.79 Å². The number of carbonyl (C=O) groups excluding carboxylic acids is 1. The van der Waals surface area contributed by atoms with Crippen molar-refractivity contribution in [2.75, 3.05) is 0 Å². The summed E-state index contributed by atoms with van der Waals surface area (Å²) < 4.78 is 12.1. The molecule has 1 aliphatic heterocycles. The van der Waals surface area contributed by atoms with Crippen molar-refractivity contribution >= 4 is 5.91 Å². The average Bonchev–Trinajstić information content (AvgIpc) is 2.57. The monoisotopic (exact) mass is 367 g/mol. The average molecular weight is 367 g/mol. The number of benzene rings is 2. The topological polar surface area (TPSA) is 47.6 Å². The lowest BCUT2D eigenvalue weighted by atomic mass is 9.89. The van der Waals surface area contributed by atoms with Gasteiger partial charge in [0.2, 0.25) is 0 Å². The summed E-state index contributed by atoms with van der Waals surface area (Å²) in [4.78, 5) is 12.8. The van der Waals surface area contributed by atoms with E-state index in [4.69, 9.17) is 9.47 Å². The Morgan fingerprint density at radius 2 is 1.96 bits per heavy atom. The van der Waals surface area contributed by atoms with Gasteiger partial charge in [-0.3, -0.25) is 4.79 Å². The third-order valence-electron chi connectivity index (χ3n) is 5.17. The molecule has 0 radical (unpaired) electrons. The summed E-state index contributed by atoms with van der Waals surface area (Å²) >= 11 is 0. The van der Waals surface area contributed by atoms with E-state index in [1.165, 1.54) is 0 Å². The lowest BCUT2D eigenvalue weighted by Crippen LogP contribution is -2.44. The fourth-order valence-electron chi connectivity index (χ4n) is 3.47. The normalized spacial score (nSPS) is 18.8. The summed E-state index contributed by atoms with van der Waals surface area (Å²) in [6.07, 6.45) is 0.135. The molecule has 2 atom stereocenters. The van der Waals surface area contributed by atoms with Crippen LogP contribution in [-0.4, -0.2) is 17.6 Å². The number of nitrogens with one attached hydrogen (secondary N) is 1. The maximum Gasteiger partial charge on any atom is 0.261 e. The number of amides is 1. The highest BCUT2D eigenvalue weighted by molar-refractivity contribution is 5.81. The van der Waals surface area contributed by atoms with Crippen molar-refractivity contribution in [1.29, 1.82) is 0 Å². The van der Waals surface area contributed by atoms with Gasteiger partial charge in [0.1, 0.15) is 17.1 Å². The summed E-state index contributed by atoms with van der Waals surface area (Å²) in [6.45, 7) is 12.0. The van der Waals surface area contributed by atoms with Gasteiger partial charge in [-0.2, -0.15) is 0 Å². The van der Waals surface area contributed by atoms with Crippen molar-refractivity contribution in [1.82, 2.24) is 5.32 Å². The van der Waals surface area contributed by atoms with Gasteiger partial charge in [0.05, 0.1) is 6.04 Å². The van der Waals surface area contributed by atoms with Gasteiger partial charge in [-0.25, -0.2) is 0 Å². The van der Waals surface area contributed by atoms with E-state index in [1.807, 2.05) is 65.0 Å². The van der Waals surface area contributed by atoms with Crippen molar-refractivity contribution < 1.29 is 14.3 Å². The molecule has 0 aliphatic carbocycles. The van der Waals surface area contributed by atoms with E-state index in [1.54, 1.807) is 6.92 Å². The summed E-state index contributed by atoms with van der Waals surface area (Å²) in [5.74, 6) is 1.48. The van der Waals surface area contributed by atoms with Crippen LogP contribution >= 0.6 is 0 Å². The van der Waals surface area contributed by atoms with Gasteiger partial charge in [0, 0.05) is 12.0 Å². The molecule has 1 N–H and O–H groups in total. The van der Waals surface area contributed by atoms with Crippen LogP contribution in [0.15, 0.2) is 36.4 Å². The molecule has 0 saturated heterocycles. The van der Waals surface area contributed by atoms with E-state index in [-0.39, 0.29) is 17.6 Å². The number of hydrogen-bond acceptors (Lipinski definition) is 3. The Bertz CT molecular complexity index is 857. The molecule has 1 aliphatic rings. The highest BCUT2D eigenvalue weighted by Gasteiger charge is 2.35. The molecule has 2 unspecified atom stereocenters. The van der Waals surface area contributed by atoms with Crippen LogP contribution in [0.4, 0.5) is 0 Å². The minimum absolute atomic E-state index is 0.0958. The zero-order valence-corrected chi connectivity index (χ0v) is 17.1. The van der Waals surface area contributed by atoms with E-state index in [2.05, 4.69) is 11.4 Å². The quantitative estimate of drug-likeness (QED) is 0.844. The number of rotatable bonds is 4. The van der Waals surface area contributed by atoms with Gasteiger partial charge >= 0.3 is 0 Å². The molecule has 27 heavy (non-hydrogen) atoms. The zero-order valence-electron chi connectivity index (χ0n) is 17.1. The van der Waals surface area contributed by atoms with Crippen LogP contribution in [0, 0.1) is 20.8 Å². The number of hydrogen-bond donors (Lipinski definition) is 1. The molecule has 1 amide bonds. The van der Waals surface area contributed by atoms with Gasteiger partial charge in [0.25, 0.3) is 5.91 Å². The number of ether oxygens (including phenoxy) is 2. The number of aryl methyl sites for hydroxylation is 2. The molecule has 0 saturated carbocycles. The molecule has 1 heterocycles. The minimum atomic E-state index is -0.578. The van der Waals surface area contributed by atoms with Gasteiger partial charge in [-0.15, -0.1) is 0 Å². The molecule has 4 heteroatoms. The molecule has 4 nitrogen and oxygen atoms in total. The van der Waals surface area contributed by atoms with E-state index >= 15 is 0 Å². The van der Waals surface area contributed by atoms with Gasteiger partial charge in [0.15, 0.2) is 6.10 Å². The summed E-state index contributed by atoms with van der Waals surface area (Å²) in [6, 6.07) is 11.9. The van der Waals surface area contributed by atoms with Gasteiger partial charge in [-0.05, 0) is 70.4 Å². The second kappa shape index (κ2) is 7.26. The fourth-order valence-corrected chi connectivity index (χ4v) is 3.47. The number of fused-ring (bicyclic) bond motifs is 1. The Kier molecular flexibility index (Phi) is 5.18. The van der Waals surface area contributed by atoms with Crippen molar-refractivity contribution in [3.63, 3.8) is 0 Å². The maximum absolute atomic E-state index is 12.8. The number of carbonyl (C=O) groups is 1. The Morgan fingerprint density at radius 3 is 2.70 bits per heavy atom. The first kappa shape index (κ1) is 19.3. The van der Waals surface area contributed by atoms with Crippen LogP contribution in [0.3, 0.4) is 0 Å². The van der Waals surface area contributed by atoms with Crippen molar-refractivity contribution in [3.05, 3.63) is 58.7 Å². The predicted molar refractivity (Wildman–Crippen MR) is 107 cm³/mol. The second-order valence-corrected chi connectivity index (χ2v) is 8.13. The predicted octanol–water partition coefficient (Wildman–Crippen LogP) is 4.80. The highest BCUT2D eigenvalue weighted by atomic mass is 16.5. The Balaban J connectivity index is 1.76. The van der Waals surface area contributed by atoms with E-state index in [0.29, 0.717) is 6.42 Å². The van der Waals surface area contributed by atoms with E-state index in [0.717, 1.165) is 33.8 Å². The fraction of sp³-hybridized carbons (Fsp3) is 0.435. The van der Waals surface area contributed by atoms with Crippen molar-refractivity contribution in [2.24, 2.45) is 0 Å². The summed E-state index contributed by atoms with van der Waals surface area (Å²) in [5.41, 5.74) is 4.03.